The van der Waals surface area contributed by atoms with Crippen LogP contribution in [0.2, 0.25) is 0 Å². The van der Waals surface area contributed by atoms with Crippen LogP contribution in [0.25, 0.3) is 0 Å². The first-order valence-corrected chi connectivity index (χ1v) is 7.54. The summed E-state index contributed by atoms with van der Waals surface area (Å²) in [5, 5.41) is 7.72. The van der Waals surface area contributed by atoms with Crippen molar-refractivity contribution in [1.82, 2.24) is 15.5 Å². The molecule has 104 valence electrons. The highest BCUT2D eigenvalue weighted by atomic mass is 16.5. The lowest BCUT2D eigenvalue weighted by atomic mass is 9.94. The smallest absolute Gasteiger partial charge is 0.244 e. The van der Waals surface area contributed by atoms with Crippen molar-refractivity contribution < 1.29 is 9.26 Å². The minimum atomic E-state index is 0.300. The van der Waals surface area contributed by atoms with Gasteiger partial charge in [0.25, 0.3) is 0 Å². The second-order valence-corrected chi connectivity index (χ2v) is 6.22. The molecule has 4 rings (SSSR count). The number of nitrogens with one attached hydrogen (secondary N) is 1. The number of ether oxygens (including phenoxy) is 1. The van der Waals surface area contributed by atoms with E-state index in [4.69, 9.17) is 9.26 Å². The van der Waals surface area contributed by atoms with Gasteiger partial charge in [-0.05, 0) is 43.6 Å². The van der Waals surface area contributed by atoms with Gasteiger partial charge in [0.2, 0.25) is 5.89 Å². The molecule has 1 N–H and O–H groups in total. The van der Waals surface area contributed by atoms with Crippen molar-refractivity contribution >= 4 is 0 Å². The van der Waals surface area contributed by atoms with Gasteiger partial charge in [0, 0.05) is 19.6 Å². The highest BCUT2D eigenvalue weighted by Crippen LogP contribution is 2.43. The molecule has 4 unspecified atom stereocenters. The third-order valence-corrected chi connectivity index (χ3v) is 4.99. The maximum absolute atomic E-state index is 5.50. The normalized spacial score (nSPS) is 37.9. The average molecular weight is 263 g/mol. The molecule has 0 spiro atoms. The zero-order chi connectivity index (χ0) is 12.7. The first-order valence-electron chi connectivity index (χ1n) is 7.54. The fraction of sp³-hybridized carbons (Fsp3) is 0.857. The molecule has 1 aliphatic carbocycles. The molecule has 1 saturated carbocycles. The van der Waals surface area contributed by atoms with E-state index in [0.29, 0.717) is 17.9 Å². The summed E-state index contributed by atoms with van der Waals surface area (Å²) in [5.74, 6) is 3.77. The molecule has 4 atom stereocenters. The molecule has 5 heteroatoms. The standard InChI is InChI=1S/C14H21N3O2/c1-2-10-7-15-13(11(10)3-1)14-16-12(17-19-14)6-9-4-5-18-8-9/h9-11,13,15H,1-8H2. The van der Waals surface area contributed by atoms with Crippen molar-refractivity contribution in [2.75, 3.05) is 19.8 Å². The predicted molar refractivity (Wildman–Crippen MR) is 68.5 cm³/mol. The van der Waals surface area contributed by atoms with E-state index >= 15 is 0 Å². The number of fused-ring (bicyclic) bond motifs is 1. The van der Waals surface area contributed by atoms with Gasteiger partial charge in [-0.1, -0.05) is 11.6 Å². The Kier molecular flexibility index (Phi) is 3.04. The maximum Gasteiger partial charge on any atom is 0.244 e. The van der Waals surface area contributed by atoms with Gasteiger partial charge in [-0.15, -0.1) is 0 Å². The van der Waals surface area contributed by atoms with Crippen LogP contribution >= 0.6 is 0 Å². The highest BCUT2D eigenvalue weighted by Gasteiger charge is 2.42. The van der Waals surface area contributed by atoms with E-state index in [1.165, 1.54) is 19.3 Å². The lowest BCUT2D eigenvalue weighted by molar-refractivity contribution is 0.185. The molecule has 0 amide bonds. The van der Waals surface area contributed by atoms with Crippen LogP contribution in [0.3, 0.4) is 0 Å². The van der Waals surface area contributed by atoms with Crippen molar-refractivity contribution in [2.45, 2.75) is 38.1 Å². The zero-order valence-electron chi connectivity index (χ0n) is 11.2. The predicted octanol–water partition coefficient (Wildman–Crippen LogP) is 1.71. The quantitative estimate of drug-likeness (QED) is 0.899. The summed E-state index contributed by atoms with van der Waals surface area (Å²) >= 11 is 0. The molecule has 2 saturated heterocycles. The summed E-state index contributed by atoms with van der Waals surface area (Å²) in [6.45, 7) is 2.84. The third-order valence-electron chi connectivity index (χ3n) is 4.99. The van der Waals surface area contributed by atoms with Crippen LogP contribution in [0.1, 0.15) is 43.4 Å². The Balaban J connectivity index is 1.45. The molecule has 1 aromatic heterocycles. The summed E-state index contributed by atoms with van der Waals surface area (Å²) in [7, 11) is 0. The first kappa shape index (κ1) is 11.9. The number of hydrogen-bond donors (Lipinski definition) is 1. The first-order chi connectivity index (χ1) is 9.40. The zero-order valence-corrected chi connectivity index (χ0v) is 11.2. The molecular weight excluding hydrogens is 242 g/mol. The van der Waals surface area contributed by atoms with Crippen molar-refractivity contribution in [1.29, 1.82) is 0 Å². The second kappa shape index (κ2) is 4.87. The van der Waals surface area contributed by atoms with Crippen LogP contribution in [-0.4, -0.2) is 29.9 Å². The van der Waals surface area contributed by atoms with E-state index < -0.39 is 0 Å². The van der Waals surface area contributed by atoms with E-state index in [-0.39, 0.29) is 0 Å². The van der Waals surface area contributed by atoms with Crippen molar-refractivity contribution in [2.24, 2.45) is 17.8 Å². The molecule has 2 aliphatic heterocycles. The Bertz CT molecular complexity index is 442. The van der Waals surface area contributed by atoms with Gasteiger partial charge in [0.15, 0.2) is 5.82 Å². The van der Waals surface area contributed by atoms with E-state index in [2.05, 4.69) is 15.5 Å². The molecule has 3 heterocycles. The van der Waals surface area contributed by atoms with Gasteiger partial charge in [-0.3, -0.25) is 0 Å². The summed E-state index contributed by atoms with van der Waals surface area (Å²) in [6, 6.07) is 0.300. The Morgan fingerprint density at radius 1 is 1.26 bits per heavy atom. The summed E-state index contributed by atoms with van der Waals surface area (Å²) in [5.41, 5.74) is 0. The topological polar surface area (TPSA) is 60.2 Å². The molecule has 19 heavy (non-hydrogen) atoms. The fourth-order valence-electron chi connectivity index (χ4n) is 3.94. The largest absolute Gasteiger partial charge is 0.381 e. The maximum atomic E-state index is 5.50. The minimum Gasteiger partial charge on any atom is -0.381 e. The molecule has 3 aliphatic rings. The van der Waals surface area contributed by atoms with Crippen LogP contribution < -0.4 is 5.32 Å². The van der Waals surface area contributed by atoms with E-state index in [0.717, 1.165) is 50.2 Å². The van der Waals surface area contributed by atoms with Crippen LogP contribution in [-0.2, 0) is 11.2 Å². The van der Waals surface area contributed by atoms with Gasteiger partial charge in [-0.25, -0.2) is 0 Å². The summed E-state index contributed by atoms with van der Waals surface area (Å²) in [6.07, 6.45) is 6.03. The Morgan fingerprint density at radius 2 is 2.26 bits per heavy atom. The molecule has 0 bridgehead atoms. The number of rotatable bonds is 3. The fourth-order valence-corrected chi connectivity index (χ4v) is 3.94. The van der Waals surface area contributed by atoms with Gasteiger partial charge in [0.1, 0.15) is 0 Å². The molecular formula is C14H21N3O2. The number of nitrogens with zero attached hydrogens (tertiary/aromatic N) is 2. The molecule has 0 radical (unpaired) electrons. The van der Waals surface area contributed by atoms with Crippen molar-refractivity contribution in [3.8, 4) is 0 Å². The Labute approximate surface area is 113 Å². The minimum absolute atomic E-state index is 0.300. The number of aromatic nitrogens is 2. The SMILES string of the molecule is C1CC2CNC(c3nc(CC4CCOC4)no3)C2C1. The van der Waals surface area contributed by atoms with Crippen LogP contribution in [0, 0.1) is 17.8 Å². The van der Waals surface area contributed by atoms with E-state index in [9.17, 15) is 0 Å². The van der Waals surface area contributed by atoms with Crippen LogP contribution in [0.4, 0.5) is 0 Å². The lowest BCUT2D eigenvalue weighted by Crippen LogP contribution is -2.18. The van der Waals surface area contributed by atoms with Gasteiger partial charge in [-0.2, -0.15) is 4.98 Å². The van der Waals surface area contributed by atoms with E-state index in [1.807, 2.05) is 0 Å². The lowest BCUT2D eigenvalue weighted by Gasteiger charge is -2.13. The van der Waals surface area contributed by atoms with Crippen LogP contribution in [0.15, 0.2) is 4.52 Å². The second-order valence-electron chi connectivity index (χ2n) is 6.22. The highest BCUT2D eigenvalue weighted by molar-refractivity contribution is 5.04. The monoisotopic (exact) mass is 263 g/mol. The average Bonchev–Trinajstić information content (AvgIpc) is 3.13. The molecule has 1 aromatic rings. The Hall–Kier alpha value is -0.940. The van der Waals surface area contributed by atoms with Gasteiger partial charge in [0.05, 0.1) is 6.04 Å². The van der Waals surface area contributed by atoms with Gasteiger partial charge < -0.3 is 14.6 Å². The Morgan fingerprint density at radius 3 is 3.16 bits per heavy atom. The summed E-state index contributed by atoms with van der Waals surface area (Å²) < 4.78 is 10.9. The van der Waals surface area contributed by atoms with Crippen molar-refractivity contribution in [3.63, 3.8) is 0 Å². The number of hydrogen-bond acceptors (Lipinski definition) is 5. The molecule has 3 fully saturated rings. The third kappa shape index (κ3) is 2.19. The van der Waals surface area contributed by atoms with E-state index in [1.54, 1.807) is 0 Å². The van der Waals surface area contributed by atoms with Crippen LogP contribution in [0.5, 0.6) is 0 Å². The molecule has 0 aromatic carbocycles. The molecule has 5 nitrogen and oxygen atoms in total. The summed E-state index contributed by atoms with van der Waals surface area (Å²) in [4.78, 5) is 4.62. The van der Waals surface area contributed by atoms with Crippen molar-refractivity contribution in [3.05, 3.63) is 11.7 Å². The van der Waals surface area contributed by atoms with Gasteiger partial charge >= 0.3 is 0 Å².